The second-order valence-electron chi connectivity index (χ2n) is 4.08. The SMILES string of the molecule is COCC(CCO)Nc1cc(C(F)(F)F)cc(NN)n1. The van der Waals surface area contributed by atoms with E-state index in [0.717, 1.165) is 12.1 Å². The number of halogens is 3. The fourth-order valence-corrected chi connectivity index (χ4v) is 1.61. The van der Waals surface area contributed by atoms with Crippen molar-refractivity contribution in [2.45, 2.75) is 18.6 Å². The number of hydrogen-bond donors (Lipinski definition) is 4. The van der Waals surface area contributed by atoms with Gasteiger partial charge in [0.25, 0.3) is 0 Å². The normalized spacial score (nSPS) is 13.1. The molecule has 1 aromatic rings. The fourth-order valence-electron chi connectivity index (χ4n) is 1.61. The lowest BCUT2D eigenvalue weighted by molar-refractivity contribution is -0.137. The predicted molar refractivity (Wildman–Crippen MR) is 68.0 cm³/mol. The maximum Gasteiger partial charge on any atom is 0.416 e. The Labute approximate surface area is 114 Å². The molecule has 9 heteroatoms. The lowest BCUT2D eigenvalue weighted by atomic mass is 10.2. The number of nitrogens with two attached hydrogens (primary N) is 1. The van der Waals surface area contributed by atoms with E-state index in [9.17, 15) is 13.2 Å². The van der Waals surface area contributed by atoms with Crippen molar-refractivity contribution in [1.29, 1.82) is 0 Å². The molecule has 0 aliphatic heterocycles. The van der Waals surface area contributed by atoms with E-state index >= 15 is 0 Å². The van der Waals surface area contributed by atoms with Gasteiger partial charge in [-0.3, -0.25) is 0 Å². The van der Waals surface area contributed by atoms with E-state index in [-0.39, 0.29) is 30.9 Å². The molecule has 0 radical (unpaired) electrons. The molecule has 20 heavy (non-hydrogen) atoms. The Morgan fingerprint density at radius 1 is 1.40 bits per heavy atom. The molecular weight excluding hydrogens is 277 g/mol. The Hall–Kier alpha value is -1.58. The standard InChI is InChI=1S/C11H17F3N4O2/c1-20-6-8(2-3-19)16-9-4-7(11(12,13)14)5-10(17-9)18-15/h4-5,8,19H,2-3,6,15H2,1H3,(H2,16,17,18). The van der Waals surface area contributed by atoms with Crippen LogP contribution in [0.2, 0.25) is 0 Å². The molecule has 5 N–H and O–H groups in total. The van der Waals surface area contributed by atoms with Gasteiger partial charge in [0.1, 0.15) is 11.6 Å². The Morgan fingerprint density at radius 3 is 2.55 bits per heavy atom. The summed E-state index contributed by atoms with van der Waals surface area (Å²) in [7, 11) is 1.46. The van der Waals surface area contributed by atoms with Crippen LogP contribution in [0.1, 0.15) is 12.0 Å². The molecule has 0 aliphatic carbocycles. The van der Waals surface area contributed by atoms with Gasteiger partial charge in [-0.1, -0.05) is 0 Å². The molecule has 114 valence electrons. The van der Waals surface area contributed by atoms with Gasteiger partial charge in [0.15, 0.2) is 0 Å². The minimum Gasteiger partial charge on any atom is -0.396 e. The van der Waals surface area contributed by atoms with Crippen molar-refractivity contribution in [3.63, 3.8) is 0 Å². The van der Waals surface area contributed by atoms with Gasteiger partial charge in [-0.2, -0.15) is 13.2 Å². The number of nitrogens with one attached hydrogen (secondary N) is 2. The van der Waals surface area contributed by atoms with Crippen LogP contribution in [0.3, 0.4) is 0 Å². The number of alkyl halides is 3. The third-order valence-corrected chi connectivity index (χ3v) is 2.50. The maximum absolute atomic E-state index is 12.7. The van der Waals surface area contributed by atoms with E-state index in [4.69, 9.17) is 15.7 Å². The third kappa shape index (κ3) is 4.83. The smallest absolute Gasteiger partial charge is 0.396 e. The number of ether oxygens (including phenoxy) is 1. The number of pyridine rings is 1. The van der Waals surface area contributed by atoms with E-state index < -0.39 is 11.7 Å². The van der Waals surface area contributed by atoms with Crippen molar-refractivity contribution in [1.82, 2.24) is 4.98 Å². The van der Waals surface area contributed by atoms with Crippen molar-refractivity contribution < 1.29 is 23.0 Å². The maximum atomic E-state index is 12.7. The van der Waals surface area contributed by atoms with E-state index in [1.165, 1.54) is 7.11 Å². The third-order valence-electron chi connectivity index (χ3n) is 2.50. The highest BCUT2D eigenvalue weighted by atomic mass is 19.4. The van der Waals surface area contributed by atoms with Crippen molar-refractivity contribution in [3.05, 3.63) is 17.7 Å². The first-order valence-electron chi connectivity index (χ1n) is 5.83. The van der Waals surface area contributed by atoms with Crippen LogP contribution in [0, 0.1) is 0 Å². The Balaban J connectivity index is 2.98. The molecule has 0 spiro atoms. The minimum atomic E-state index is -4.50. The monoisotopic (exact) mass is 294 g/mol. The minimum absolute atomic E-state index is 0.00303. The van der Waals surface area contributed by atoms with Gasteiger partial charge in [0.05, 0.1) is 18.2 Å². The molecule has 1 aromatic heterocycles. The number of anilines is 2. The molecule has 0 bridgehead atoms. The molecule has 0 fully saturated rings. The van der Waals surface area contributed by atoms with Crippen LogP contribution >= 0.6 is 0 Å². The number of aliphatic hydroxyl groups is 1. The highest BCUT2D eigenvalue weighted by Gasteiger charge is 2.31. The zero-order chi connectivity index (χ0) is 15.2. The number of methoxy groups -OCH3 is 1. The number of nitrogen functional groups attached to an aromatic ring is 1. The van der Waals surface area contributed by atoms with E-state index in [0.29, 0.717) is 6.42 Å². The van der Waals surface area contributed by atoms with Crippen LogP contribution < -0.4 is 16.6 Å². The number of hydrogen-bond acceptors (Lipinski definition) is 6. The summed E-state index contributed by atoms with van der Waals surface area (Å²) >= 11 is 0. The van der Waals surface area contributed by atoms with Crippen molar-refractivity contribution >= 4 is 11.6 Å². The molecule has 6 nitrogen and oxygen atoms in total. The molecule has 1 unspecified atom stereocenters. The number of rotatable bonds is 7. The number of aliphatic hydroxyl groups excluding tert-OH is 1. The molecule has 1 rings (SSSR count). The van der Waals surface area contributed by atoms with Gasteiger partial charge in [0.2, 0.25) is 0 Å². The van der Waals surface area contributed by atoms with Crippen LogP contribution in [-0.4, -0.2) is 36.5 Å². The number of nitrogens with zero attached hydrogens (tertiary/aromatic N) is 1. The lowest BCUT2D eigenvalue weighted by Crippen LogP contribution is -2.27. The summed E-state index contributed by atoms with van der Waals surface area (Å²) in [4.78, 5) is 3.89. The van der Waals surface area contributed by atoms with E-state index in [2.05, 4.69) is 15.7 Å². The van der Waals surface area contributed by atoms with Gasteiger partial charge >= 0.3 is 6.18 Å². The zero-order valence-electron chi connectivity index (χ0n) is 10.9. The highest BCUT2D eigenvalue weighted by molar-refractivity contribution is 5.49. The van der Waals surface area contributed by atoms with E-state index in [1.807, 2.05) is 0 Å². The van der Waals surface area contributed by atoms with E-state index in [1.54, 1.807) is 0 Å². The van der Waals surface area contributed by atoms with Crippen molar-refractivity contribution in [2.75, 3.05) is 31.1 Å². The molecule has 0 saturated heterocycles. The molecule has 0 amide bonds. The molecule has 0 saturated carbocycles. The zero-order valence-corrected chi connectivity index (χ0v) is 10.9. The Kier molecular flexibility index (Phi) is 5.99. The summed E-state index contributed by atoms with van der Waals surface area (Å²) in [6.45, 7) is 0.103. The van der Waals surface area contributed by atoms with Gasteiger partial charge in [-0.15, -0.1) is 0 Å². The van der Waals surface area contributed by atoms with Gasteiger partial charge in [0, 0.05) is 13.7 Å². The first-order chi connectivity index (χ1) is 9.40. The highest BCUT2D eigenvalue weighted by Crippen LogP contribution is 2.32. The molecule has 0 aromatic carbocycles. The molecule has 1 heterocycles. The fraction of sp³-hybridized carbons (Fsp3) is 0.545. The number of aromatic nitrogens is 1. The largest absolute Gasteiger partial charge is 0.416 e. The number of hydrazine groups is 1. The molecule has 0 aliphatic rings. The van der Waals surface area contributed by atoms with Crippen LogP contribution in [0.5, 0.6) is 0 Å². The summed E-state index contributed by atoms with van der Waals surface area (Å²) in [5.41, 5.74) is 1.21. The summed E-state index contributed by atoms with van der Waals surface area (Å²) in [5.74, 6) is 5.00. The quantitative estimate of drug-likeness (QED) is 0.446. The van der Waals surface area contributed by atoms with Crippen LogP contribution in [0.15, 0.2) is 12.1 Å². The summed E-state index contributed by atoms with van der Waals surface area (Å²) in [6.07, 6.45) is -4.18. The summed E-state index contributed by atoms with van der Waals surface area (Å²) in [5, 5.41) is 11.7. The summed E-state index contributed by atoms with van der Waals surface area (Å²) in [6, 6.07) is 1.33. The van der Waals surface area contributed by atoms with Crippen molar-refractivity contribution in [2.24, 2.45) is 5.84 Å². The van der Waals surface area contributed by atoms with Crippen LogP contribution in [-0.2, 0) is 10.9 Å². The van der Waals surface area contributed by atoms with Crippen LogP contribution in [0.25, 0.3) is 0 Å². The first kappa shape index (κ1) is 16.5. The Bertz CT molecular complexity index is 423. The van der Waals surface area contributed by atoms with Crippen molar-refractivity contribution in [3.8, 4) is 0 Å². The topological polar surface area (TPSA) is 92.4 Å². The second kappa shape index (κ2) is 7.27. The van der Waals surface area contributed by atoms with Gasteiger partial charge in [-0.25, -0.2) is 10.8 Å². The van der Waals surface area contributed by atoms with Crippen LogP contribution in [0.4, 0.5) is 24.8 Å². The van der Waals surface area contributed by atoms with Gasteiger partial charge < -0.3 is 20.6 Å². The second-order valence-corrected chi connectivity index (χ2v) is 4.08. The predicted octanol–water partition coefficient (Wildman–Crippen LogP) is 1.20. The average Bonchev–Trinajstić information content (AvgIpc) is 2.38. The van der Waals surface area contributed by atoms with Gasteiger partial charge in [-0.05, 0) is 18.6 Å². The molecular formula is C11H17F3N4O2. The summed E-state index contributed by atoms with van der Waals surface area (Å²) < 4.78 is 43.1. The molecule has 1 atom stereocenters. The first-order valence-corrected chi connectivity index (χ1v) is 5.83. The lowest BCUT2D eigenvalue weighted by Gasteiger charge is -2.19. The average molecular weight is 294 g/mol. The Morgan fingerprint density at radius 2 is 2.05 bits per heavy atom.